The number of likely N-dealkylation sites (N-methyl/N-ethyl adjacent to an activating group) is 1. The lowest BCUT2D eigenvalue weighted by Crippen LogP contribution is -2.29. The molecule has 0 aromatic carbocycles. The molecule has 1 atom stereocenters. The summed E-state index contributed by atoms with van der Waals surface area (Å²) in [4.78, 5) is 10.7. The van der Waals surface area contributed by atoms with Gasteiger partial charge in [-0.25, -0.2) is 15.8 Å². The summed E-state index contributed by atoms with van der Waals surface area (Å²) in [5, 5.41) is 9.41. The Balaban J connectivity index is 3.12. The number of rotatable bonds is 4. The molecule has 1 rings (SSSR count). The van der Waals surface area contributed by atoms with E-state index < -0.39 is 6.10 Å². The first-order chi connectivity index (χ1) is 8.24. The molecule has 1 aromatic rings. The zero-order valence-corrected chi connectivity index (χ0v) is 11.7. The van der Waals surface area contributed by atoms with Crippen LogP contribution in [0.3, 0.4) is 0 Å². The van der Waals surface area contributed by atoms with E-state index in [4.69, 9.17) is 5.84 Å². The van der Waals surface area contributed by atoms with Gasteiger partial charge in [0.2, 0.25) is 0 Å². The van der Waals surface area contributed by atoms with E-state index in [9.17, 15) is 5.11 Å². The van der Waals surface area contributed by atoms with Crippen molar-refractivity contribution in [1.82, 2.24) is 9.97 Å². The molecule has 102 valence electrons. The summed E-state index contributed by atoms with van der Waals surface area (Å²) in [6.45, 7) is 8.37. The highest BCUT2D eigenvalue weighted by Gasteiger charge is 2.20. The Morgan fingerprint density at radius 1 is 1.44 bits per heavy atom. The molecular formula is C12H23N5O. The molecule has 0 aliphatic heterocycles. The predicted molar refractivity (Wildman–Crippen MR) is 73.5 cm³/mol. The van der Waals surface area contributed by atoms with E-state index >= 15 is 0 Å². The van der Waals surface area contributed by atoms with Crippen molar-refractivity contribution >= 4 is 11.6 Å². The van der Waals surface area contributed by atoms with E-state index in [-0.39, 0.29) is 5.41 Å². The Labute approximate surface area is 108 Å². The van der Waals surface area contributed by atoms with E-state index in [1.54, 1.807) is 13.0 Å². The Morgan fingerprint density at radius 3 is 2.50 bits per heavy atom. The molecule has 0 bridgehead atoms. The average molecular weight is 253 g/mol. The van der Waals surface area contributed by atoms with Gasteiger partial charge in [0.25, 0.3) is 0 Å². The molecule has 1 aromatic heterocycles. The zero-order valence-electron chi connectivity index (χ0n) is 11.7. The molecule has 0 saturated carbocycles. The smallest absolute Gasteiger partial charge is 0.145 e. The zero-order chi connectivity index (χ0) is 13.9. The molecule has 6 heteroatoms. The number of hydrogen-bond acceptors (Lipinski definition) is 6. The van der Waals surface area contributed by atoms with Gasteiger partial charge in [-0.05, 0) is 6.92 Å². The van der Waals surface area contributed by atoms with Gasteiger partial charge in [-0.3, -0.25) is 0 Å². The summed E-state index contributed by atoms with van der Waals surface area (Å²) in [6.07, 6.45) is -0.419. The number of nitrogens with zero attached hydrogens (tertiary/aromatic N) is 3. The maximum absolute atomic E-state index is 9.41. The van der Waals surface area contributed by atoms with Crippen molar-refractivity contribution in [3.05, 3.63) is 11.9 Å². The average Bonchev–Trinajstić information content (AvgIpc) is 2.26. The van der Waals surface area contributed by atoms with Crippen LogP contribution in [0.25, 0.3) is 0 Å². The third kappa shape index (κ3) is 3.82. The van der Waals surface area contributed by atoms with Crippen LogP contribution in [-0.4, -0.2) is 34.8 Å². The molecule has 0 radical (unpaired) electrons. The van der Waals surface area contributed by atoms with Gasteiger partial charge in [0.15, 0.2) is 0 Å². The summed E-state index contributed by atoms with van der Waals surface area (Å²) < 4.78 is 0. The third-order valence-corrected chi connectivity index (χ3v) is 2.46. The number of aromatic nitrogens is 2. The first kappa shape index (κ1) is 14.7. The molecule has 1 unspecified atom stereocenters. The van der Waals surface area contributed by atoms with Crippen molar-refractivity contribution in [3.8, 4) is 0 Å². The van der Waals surface area contributed by atoms with Gasteiger partial charge in [-0.1, -0.05) is 20.8 Å². The number of nitrogens with one attached hydrogen (secondary N) is 1. The summed E-state index contributed by atoms with van der Waals surface area (Å²) >= 11 is 0. The van der Waals surface area contributed by atoms with E-state index in [0.29, 0.717) is 18.2 Å². The van der Waals surface area contributed by atoms with Crippen molar-refractivity contribution in [3.63, 3.8) is 0 Å². The van der Waals surface area contributed by atoms with Gasteiger partial charge >= 0.3 is 0 Å². The molecule has 0 fully saturated rings. The van der Waals surface area contributed by atoms with Crippen LogP contribution in [0.2, 0.25) is 0 Å². The maximum Gasteiger partial charge on any atom is 0.145 e. The second-order valence-corrected chi connectivity index (χ2v) is 5.56. The molecule has 18 heavy (non-hydrogen) atoms. The maximum atomic E-state index is 9.41. The highest BCUT2D eigenvalue weighted by molar-refractivity contribution is 5.49. The van der Waals surface area contributed by atoms with Crippen LogP contribution < -0.4 is 16.2 Å². The minimum Gasteiger partial charge on any atom is -0.392 e. The van der Waals surface area contributed by atoms with Gasteiger partial charge in [0.05, 0.1) is 6.10 Å². The lowest BCUT2D eigenvalue weighted by Gasteiger charge is -2.23. The van der Waals surface area contributed by atoms with Crippen LogP contribution in [0.15, 0.2) is 6.07 Å². The number of aliphatic hydroxyl groups excluding tert-OH is 1. The van der Waals surface area contributed by atoms with Gasteiger partial charge < -0.3 is 15.4 Å². The van der Waals surface area contributed by atoms with Crippen LogP contribution in [0.4, 0.5) is 11.6 Å². The van der Waals surface area contributed by atoms with Gasteiger partial charge in [-0.15, -0.1) is 0 Å². The number of hydrogen-bond donors (Lipinski definition) is 3. The SMILES string of the molecule is CC(O)CN(C)c1cc(NN)nc(C(C)(C)C)n1. The fraction of sp³-hybridized carbons (Fsp3) is 0.667. The largest absolute Gasteiger partial charge is 0.392 e. The number of nitrogens with two attached hydrogens (primary N) is 1. The second kappa shape index (κ2) is 5.49. The van der Waals surface area contributed by atoms with Gasteiger partial charge in [-0.2, -0.15) is 0 Å². The molecule has 0 aliphatic rings. The lowest BCUT2D eigenvalue weighted by atomic mass is 9.96. The minimum atomic E-state index is -0.419. The Bertz CT molecular complexity index is 400. The molecule has 4 N–H and O–H groups in total. The third-order valence-electron chi connectivity index (χ3n) is 2.46. The summed E-state index contributed by atoms with van der Waals surface area (Å²) in [6, 6.07) is 1.76. The van der Waals surface area contributed by atoms with E-state index in [0.717, 1.165) is 5.82 Å². The van der Waals surface area contributed by atoms with Crippen LogP contribution in [0.5, 0.6) is 0 Å². The van der Waals surface area contributed by atoms with Crippen LogP contribution >= 0.6 is 0 Å². The highest BCUT2D eigenvalue weighted by Crippen LogP contribution is 2.23. The number of aliphatic hydroxyl groups is 1. The van der Waals surface area contributed by atoms with Crippen molar-refractivity contribution in [2.75, 3.05) is 23.9 Å². The quantitative estimate of drug-likeness (QED) is 0.545. The fourth-order valence-corrected chi connectivity index (χ4v) is 1.53. The Kier molecular flexibility index (Phi) is 4.48. The monoisotopic (exact) mass is 253 g/mol. The van der Waals surface area contributed by atoms with E-state index in [1.165, 1.54) is 0 Å². The summed E-state index contributed by atoms with van der Waals surface area (Å²) in [5.41, 5.74) is 2.39. The predicted octanol–water partition coefficient (Wildman–Crippen LogP) is 0.877. The molecular weight excluding hydrogens is 230 g/mol. The fourth-order valence-electron chi connectivity index (χ4n) is 1.53. The Hall–Kier alpha value is -1.40. The highest BCUT2D eigenvalue weighted by atomic mass is 16.3. The second-order valence-electron chi connectivity index (χ2n) is 5.56. The summed E-state index contributed by atoms with van der Waals surface area (Å²) in [5.74, 6) is 7.45. The van der Waals surface area contributed by atoms with Crippen molar-refractivity contribution < 1.29 is 5.11 Å². The molecule has 0 spiro atoms. The van der Waals surface area contributed by atoms with Gasteiger partial charge in [0, 0.05) is 25.1 Å². The van der Waals surface area contributed by atoms with E-state index in [2.05, 4.69) is 15.4 Å². The molecule has 6 nitrogen and oxygen atoms in total. The van der Waals surface area contributed by atoms with Crippen LogP contribution in [0, 0.1) is 0 Å². The molecule has 0 saturated heterocycles. The van der Waals surface area contributed by atoms with Crippen molar-refractivity contribution in [1.29, 1.82) is 0 Å². The molecule has 0 amide bonds. The Morgan fingerprint density at radius 2 is 2.06 bits per heavy atom. The normalized spacial score (nSPS) is 13.3. The van der Waals surface area contributed by atoms with Crippen molar-refractivity contribution in [2.45, 2.75) is 39.2 Å². The van der Waals surface area contributed by atoms with Gasteiger partial charge in [0.1, 0.15) is 17.5 Å². The molecule has 0 aliphatic carbocycles. The molecule has 1 heterocycles. The van der Waals surface area contributed by atoms with Crippen molar-refractivity contribution in [2.24, 2.45) is 5.84 Å². The lowest BCUT2D eigenvalue weighted by molar-refractivity contribution is 0.201. The topological polar surface area (TPSA) is 87.3 Å². The minimum absolute atomic E-state index is 0.159. The first-order valence-electron chi connectivity index (χ1n) is 5.99. The number of nitrogen functional groups attached to an aromatic ring is 1. The first-order valence-corrected chi connectivity index (χ1v) is 5.99. The number of hydrazine groups is 1. The van der Waals surface area contributed by atoms with E-state index in [1.807, 2.05) is 32.7 Å². The number of anilines is 2. The van der Waals surface area contributed by atoms with Crippen LogP contribution in [0.1, 0.15) is 33.5 Å². The van der Waals surface area contributed by atoms with Crippen LogP contribution in [-0.2, 0) is 5.41 Å². The standard InChI is InChI=1S/C12H23N5O/c1-8(18)7-17(5)10-6-9(16-13)14-11(15-10)12(2,3)4/h6,8,18H,7,13H2,1-5H3,(H,14,15,16). The summed E-state index contributed by atoms with van der Waals surface area (Å²) in [7, 11) is 1.88.